The highest BCUT2D eigenvalue weighted by molar-refractivity contribution is 5.63. The Balaban J connectivity index is 1.53. The molecule has 1 aliphatic heterocycles. The first-order valence-corrected chi connectivity index (χ1v) is 8.95. The highest BCUT2D eigenvalue weighted by Gasteiger charge is 2.19. The lowest BCUT2D eigenvalue weighted by Crippen LogP contribution is -2.32. The van der Waals surface area contributed by atoms with Crippen molar-refractivity contribution in [3.63, 3.8) is 0 Å². The standard InChI is InChI=1S/C20H20F2N4O2/c1-12-3-18(28-10-14-8-27-9-14)7-19(13(12)2)24-20-23-11-26(25-20)17-5-15(21)4-16(22)6-17/h3-7,11,14H,8-10H2,1-2H3,(H,24,25). The molecule has 0 radical (unpaired) electrons. The van der Waals surface area contributed by atoms with Gasteiger partial charge in [-0.1, -0.05) is 0 Å². The van der Waals surface area contributed by atoms with Gasteiger partial charge in [0, 0.05) is 23.7 Å². The second-order valence-electron chi connectivity index (χ2n) is 6.89. The molecule has 0 unspecified atom stereocenters. The van der Waals surface area contributed by atoms with Crippen molar-refractivity contribution >= 4 is 11.6 Å². The van der Waals surface area contributed by atoms with Crippen LogP contribution in [0.5, 0.6) is 5.75 Å². The number of rotatable bonds is 6. The summed E-state index contributed by atoms with van der Waals surface area (Å²) in [7, 11) is 0. The Bertz CT molecular complexity index is 982. The summed E-state index contributed by atoms with van der Waals surface area (Å²) in [6.45, 7) is 6.07. The van der Waals surface area contributed by atoms with Gasteiger partial charge in [-0.2, -0.15) is 4.98 Å². The molecule has 146 valence electrons. The molecule has 28 heavy (non-hydrogen) atoms. The van der Waals surface area contributed by atoms with Crippen molar-refractivity contribution < 1.29 is 18.3 Å². The van der Waals surface area contributed by atoms with Crippen LogP contribution in [0.2, 0.25) is 0 Å². The zero-order valence-corrected chi connectivity index (χ0v) is 15.6. The highest BCUT2D eigenvalue weighted by Crippen LogP contribution is 2.28. The van der Waals surface area contributed by atoms with Gasteiger partial charge in [-0.05, 0) is 43.2 Å². The lowest BCUT2D eigenvalue weighted by atomic mass is 10.1. The molecule has 1 saturated heterocycles. The molecule has 2 aromatic carbocycles. The number of hydrogen-bond donors (Lipinski definition) is 1. The van der Waals surface area contributed by atoms with E-state index in [0.29, 0.717) is 18.5 Å². The maximum atomic E-state index is 13.4. The maximum Gasteiger partial charge on any atom is 0.246 e. The summed E-state index contributed by atoms with van der Waals surface area (Å²) in [5, 5.41) is 7.41. The van der Waals surface area contributed by atoms with Crippen LogP contribution in [0, 0.1) is 31.4 Å². The molecule has 1 aliphatic rings. The van der Waals surface area contributed by atoms with Crippen LogP contribution in [0.15, 0.2) is 36.7 Å². The van der Waals surface area contributed by atoms with Crippen LogP contribution in [-0.4, -0.2) is 34.6 Å². The van der Waals surface area contributed by atoms with Gasteiger partial charge in [-0.15, -0.1) is 5.10 Å². The van der Waals surface area contributed by atoms with Gasteiger partial charge in [0.1, 0.15) is 23.7 Å². The van der Waals surface area contributed by atoms with E-state index in [2.05, 4.69) is 15.4 Å². The van der Waals surface area contributed by atoms with E-state index < -0.39 is 11.6 Å². The first-order valence-electron chi connectivity index (χ1n) is 8.95. The van der Waals surface area contributed by atoms with Crippen LogP contribution in [0.1, 0.15) is 11.1 Å². The van der Waals surface area contributed by atoms with E-state index in [0.717, 1.165) is 41.8 Å². The van der Waals surface area contributed by atoms with E-state index in [9.17, 15) is 8.78 Å². The van der Waals surface area contributed by atoms with Crippen LogP contribution in [0.3, 0.4) is 0 Å². The smallest absolute Gasteiger partial charge is 0.246 e. The van der Waals surface area contributed by atoms with E-state index in [1.807, 2.05) is 26.0 Å². The van der Waals surface area contributed by atoms with E-state index >= 15 is 0 Å². The summed E-state index contributed by atoms with van der Waals surface area (Å²) in [4.78, 5) is 4.18. The van der Waals surface area contributed by atoms with E-state index in [4.69, 9.17) is 9.47 Å². The van der Waals surface area contributed by atoms with Gasteiger partial charge in [-0.3, -0.25) is 0 Å². The van der Waals surface area contributed by atoms with Gasteiger partial charge in [0.15, 0.2) is 0 Å². The largest absolute Gasteiger partial charge is 0.493 e. The molecule has 1 aromatic heterocycles. The minimum absolute atomic E-state index is 0.255. The van der Waals surface area contributed by atoms with Crippen LogP contribution in [0.25, 0.3) is 5.69 Å². The predicted molar refractivity (Wildman–Crippen MR) is 100 cm³/mol. The molecule has 0 saturated carbocycles. The Morgan fingerprint density at radius 1 is 1.14 bits per heavy atom. The topological polar surface area (TPSA) is 61.2 Å². The molecule has 0 amide bonds. The summed E-state index contributed by atoms with van der Waals surface area (Å²) < 4.78 is 39.2. The monoisotopic (exact) mass is 386 g/mol. The van der Waals surface area contributed by atoms with Crippen LogP contribution < -0.4 is 10.1 Å². The van der Waals surface area contributed by atoms with Crippen molar-refractivity contribution in [3.8, 4) is 11.4 Å². The molecular formula is C20H20F2N4O2. The number of hydrogen-bond acceptors (Lipinski definition) is 5. The Morgan fingerprint density at radius 2 is 1.89 bits per heavy atom. The van der Waals surface area contributed by atoms with Crippen molar-refractivity contribution in [3.05, 3.63) is 59.4 Å². The minimum atomic E-state index is -0.673. The second-order valence-corrected chi connectivity index (χ2v) is 6.89. The van der Waals surface area contributed by atoms with Crippen molar-refractivity contribution in [1.29, 1.82) is 0 Å². The first kappa shape index (κ1) is 18.4. The molecule has 6 nitrogen and oxygen atoms in total. The predicted octanol–water partition coefficient (Wildman–Crippen LogP) is 3.93. The average Bonchev–Trinajstić information content (AvgIpc) is 3.05. The molecule has 4 rings (SSSR count). The van der Waals surface area contributed by atoms with Crippen molar-refractivity contribution in [2.24, 2.45) is 5.92 Å². The van der Waals surface area contributed by atoms with Gasteiger partial charge in [-0.25, -0.2) is 13.5 Å². The zero-order chi connectivity index (χ0) is 19.7. The first-order chi connectivity index (χ1) is 13.5. The summed E-state index contributed by atoms with van der Waals surface area (Å²) >= 11 is 0. The third-order valence-electron chi connectivity index (χ3n) is 4.68. The molecule has 3 aromatic rings. The van der Waals surface area contributed by atoms with Gasteiger partial charge in [0.2, 0.25) is 5.95 Å². The fraction of sp³-hybridized carbons (Fsp3) is 0.300. The molecule has 2 heterocycles. The number of nitrogens with zero attached hydrogens (tertiary/aromatic N) is 3. The van der Waals surface area contributed by atoms with Crippen LogP contribution in [-0.2, 0) is 4.74 Å². The maximum absolute atomic E-state index is 13.4. The Morgan fingerprint density at radius 3 is 2.57 bits per heavy atom. The second kappa shape index (κ2) is 7.55. The molecule has 0 spiro atoms. The van der Waals surface area contributed by atoms with Crippen molar-refractivity contribution in [2.45, 2.75) is 13.8 Å². The molecule has 8 heteroatoms. The van der Waals surface area contributed by atoms with Crippen molar-refractivity contribution in [1.82, 2.24) is 14.8 Å². The summed E-state index contributed by atoms with van der Waals surface area (Å²) in [6, 6.07) is 7.07. The number of benzene rings is 2. The summed E-state index contributed by atoms with van der Waals surface area (Å²) in [5.74, 6) is 0.157. The van der Waals surface area contributed by atoms with E-state index in [1.54, 1.807) is 0 Å². The number of nitrogens with one attached hydrogen (secondary N) is 1. The van der Waals surface area contributed by atoms with Gasteiger partial charge >= 0.3 is 0 Å². The number of ether oxygens (including phenoxy) is 2. The number of anilines is 2. The quantitative estimate of drug-likeness (QED) is 0.696. The van der Waals surface area contributed by atoms with Crippen LogP contribution in [0.4, 0.5) is 20.4 Å². The summed E-state index contributed by atoms with van der Waals surface area (Å²) in [5.41, 5.74) is 3.16. The minimum Gasteiger partial charge on any atom is -0.493 e. The fourth-order valence-electron chi connectivity index (χ4n) is 2.87. The third-order valence-corrected chi connectivity index (χ3v) is 4.68. The Labute approximate surface area is 161 Å². The summed E-state index contributed by atoms with van der Waals surface area (Å²) in [6.07, 6.45) is 1.40. The van der Waals surface area contributed by atoms with Gasteiger partial charge in [0.05, 0.1) is 25.5 Å². The molecule has 0 aliphatic carbocycles. The Kier molecular flexibility index (Phi) is 4.95. The van der Waals surface area contributed by atoms with E-state index in [1.165, 1.54) is 23.1 Å². The molecule has 1 N–H and O–H groups in total. The molecular weight excluding hydrogens is 366 g/mol. The Hall–Kier alpha value is -3.00. The van der Waals surface area contributed by atoms with Gasteiger partial charge in [0.25, 0.3) is 0 Å². The van der Waals surface area contributed by atoms with Crippen molar-refractivity contribution in [2.75, 3.05) is 25.1 Å². The van der Waals surface area contributed by atoms with Crippen LogP contribution >= 0.6 is 0 Å². The average molecular weight is 386 g/mol. The number of aromatic nitrogens is 3. The lowest BCUT2D eigenvalue weighted by molar-refractivity contribution is -0.0508. The van der Waals surface area contributed by atoms with E-state index in [-0.39, 0.29) is 5.69 Å². The lowest BCUT2D eigenvalue weighted by Gasteiger charge is -2.26. The SMILES string of the molecule is Cc1cc(OCC2COC2)cc(Nc2ncn(-c3cc(F)cc(F)c3)n2)c1C. The third kappa shape index (κ3) is 3.96. The molecule has 1 fully saturated rings. The highest BCUT2D eigenvalue weighted by atomic mass is 19.1. The zero-order valence-electron chi connectivity index (χ0n) is 15.6. The molecule has 0 atom stereocenters. The normalized spacial score (nSPS) is 14.0. The number of aryl methyl sites for hydroxylation is 1. The van der Waals surface area contributed by atoms with Gasteiger partial charge < -0.3 is 14.8 Å². The number of halogens is 2. The molecule has 0 bridgehead atoms. The fourth-order valence-corrected chi connectivity index (χ4v) is 2.87.